The van der Waals surface area contributed by atoms with E-state index in [0.29, 0.717) is 5.82 Å². The van der Waals surface area contributed by atoms with E-state index in [0.717, 1.165) is 0 Å². The lowest BCUT2D eigenvalue weighted by molar-refractivity contribution is 0.630. The van der Waals surface area contributed by atoms with Crippen LogP contribution in [0.25, 0.3) is 0 Å². The Kier molecular flexibility index (Phi) is 2.47. The number of aromatic nitrogens is 2. The van der Waals surface area contributed by atoms with Gasteiger partial charge in [0, 0.05) is 11.7 Å². The number of hydrogen-bond donors (Lipinski definition) is 1. The molecule has 1 aromatic heterocycles. The molecule has 0 aromatic carbocycles. The second-order valence-corrected chi connectivity index (χ2v) is 3.75. The molecule has 4 heteroatoms. The van der Waals surface area contributed by atoms with Gasteiger partial charge in [-0.05, 0) is 26.8 Å². The van der Waals surface area contributed by atoms with Gasteiger partial charge in [0.15, 0.2) is 0 Å². The molecule has 0 fully saturated rings. The maximum atomic E-state index is 8.56. The molecule has 13 heavy (non-hydrogen) atoms. The van der Waals surface area contributed by atoms with Gasteiger partial charge in [0.2, 0.25) is 5.82 Å². The zero-order valence-corrected chi connectivity index (χ0v) is 8.00. The predicted octanol–water partition coefficient (Wildman–Crippen LogP) is 1.56. The molecule has 68 valence electrons. The molecule has 0 saturated heterocycles. The smallest absolute Gasteiger partial charge is 0.234 e. The van der Waals surface area contributed by atoms with E-state index in [2.05, 4.69) is 15.3 Å². The Morgan fingerprint density at radius 1 is 1.46 bits per heavy atom. The summed E-state index contributed by atoms with van der Waals surface area (Å²) in [6.07, 6.45) is 1.57. The Labute approximate surface area is 77.6 Å². The quantitative estimate of drug-likeness (QED) is 0.705. The van der Waals surface area contributed by atoms with Crippen LogP contribution in [0.3, 0.4) is 0 Å². The van der Waals surface area contributed by atoms with Crippen molar-refractivity contribution in [2.75, 3.05) is 5.32 Å². The monoisotopic (exact) mass is 176 g/mol. The second-order valence-electron chi connectivity index (χ2n) is 3.75. The van der Waals surface area contributed by atoms with Crippen molar-refractivity contribution in [3.63, 3.8) is 0 Å². The molecule has 0 bridgehead atoms. The van der Waals surface area contributed by atoms with Crippen LogP contribution >= 0.6 is 0 Å². The van der Waals surface area contributed by atoms with Gasteiger partial charge in [-0.25, -0.2) is 9.97 Å². The fourth-order valence-electron chi connectivity index (χ4n) is 0.866. The first-order valence-electron chi connectivity index (χ1n) is 4.02. The third-order valence-corrected chi connectivity index (χ3v) is 1.26. The molecule has 0 spiro atoms. The van der Waals surface area contributed by atoms with Crippen LogP contribution in [0, 0.1) is 11.3 Å². The van der Waals surface area contributed by atoms with Crippen molar-refractivity contribution >= 4 is 5.82 Å². The number of nitrogens with one attached hydrogen (secondary N) is 1. The van der Waals surface area contributed by atoms with E-state index in [-0.39, 0.29) is 11.4 Å². The minimum atomic E-state index is -0.0545. The number of nitriles is 1. The summed E-state index contributed by atoms with van der Waals surface area (Å²) >= 11 is 0. The van der Waals surface area contributed by atoms with E-state index < -0.39 is 0 Å². The second kappa shape index (κ2) is 3.40. The zero-order chi connectivity index (χ0) is 9.90. The fourth-order valence-corrected chi connectivity index (χ4v) is 0.866. The summed E-state index contributed by atoms with van der Waals surface area (Å²) in [6, 6.07) is 3.63. The van der Waals surface area contributed by atoms with Crippen molar-refractivity contribution in [2.24, 2.45) is 0 Å². The minimum absolute atomic E-state index is 0.0545. The molecule has 1 rings (SSSR count). The third-order valence-electron chi connectivity index (χ3n) is 1.26. The maximum absolute atomic E-state index is 8.56. The average molecular weight is 176 g/mol. The van der Waals surface area contributed by atoms with Crippen molar-refractivity contribution in [1.29, 1.82) is 5.26 Å². The van der Waals surface area contributed by atoms with Gasteiger partial charge in [-0.3, -0.25) is 0 Å². The lowest BCUT2D eigenvalue weighted by Crippen LogP contribution is -2.26. The zero-order valence-electron chi connectivity index (χ0n) is 8.00. The molecule has 0 radical (unpaired) electrons. The molecular weight excluding hydrogens is 164 g/mol. The van der Waals surface area contributed by atoms with Gasteiger partial charge >= 0.3 is 0 Å². The Morgan fingerprint density at radius 2 is 2.15 bits per heavy atom. The molecule has 0 aliphatic carbocycles. The SMILES string of the molecule is CC(C)(C)Nc1ccnc(C#N)n1. The van der Waals surface area contributed by atoms with E-state index in [1.54, 1.807) is 12.3 Å². The Morgan fingerprint density at radius 3 is 2.69 bits per heavy atom. The summed E-state index contributed by atoms with van der Waals surface area (Å²) < 4.78 is 0. The summed E-state index contributed by atoms with van der Waals surface area (Å²) in [4.78, 5) is 7.77. The van der Waals surface area contributed by atoms with Crippen molar-refractivity contribution in [3.8, 4) is 6.07 Å². The number of hydrogen-bond acceptors (Lipinski definition) is 4. The highest BCUT2D eigenvalue weighted by Gasteiger charge is 2.10. The van der Waals surface area contributed by atoms with Gasteiger partial charge in [-0.2, -0.15) is 5.26 Å². The van der Waals surface area contributed by atoms with Crippen molar-refractivity contribution in [2.45, 2.75) is 26.3 Å². The highest BCUT2D eigenvalue weighted by Crippen LogP contribution is 2.10. The normalized spacial score (nSPS) is 10.6. The van der Waals surface area contributed by atoms with Gasteiger partial charge < -0.3 is 5.32 Å². The number of rotatable bonds is 1. The van der Waals surface area contributed by atoms with Gasteiger partial charge in [0.25, 0.3) is 0 Å². The van der Waals surface area contributed by atoms with Crippen LogP contribution < -0.4 is 5.32 Å². The largest absolute Gasteiger partial charge is 0.365 e. The van der Waals surface area contributed by atoms with Crippen LogP contribution in [0.4, 0.5) is 5.82 Å². The highest BCUT2D eigenvalue weighted by atomic mass is 15.1. The van der Waals surface area contributed by atoms with Crippen LogP contribution in [0.1, 0.15) is 26.6 Å². The van der Waals surface area contributed by atoms with E-state index >= 15 is 0 Å². The molecule has 1 aromatic rings. The molecule has 0 saturated carbocycles. The molecule has 1 heterocycles. The van der Waals surface area contributed by atoms with Gasteiger partial charge in [-0.15, -0.1) is 0 Å². The van der Waals surface area contributed by atoms with Gasteiger partial charge in [-0.1, -0.05) is 0 Å². The van der Waals surface area contributed by atoms with Crippen molar-refractivity contribution in [1.82, 2.24) is 9.97 Å². The summed E-state index contributed by atoms with van der Waals surface area (Å²) in [5.41, 5.74) is -0.0545. The molecule has 0 amide bonds. The average Bonchev–Trinajstić information content (AvgIpc) is 2.01. The van der Waals surface area contributed by atoms with E-state index in [9.17, 15) is 0 Å². The van der Waals surface area contributed by atoms with Crippen LogP contribution in [0.2, 0.25) is 0 Å². The van der Waals surface area contributed by atoms with E-state index in [1.165, 1.54) is 0 Å². The van der Waals surface area contributed by atoms with E-state index in [1.807, 2.05) is 26.8 Å². The van der Waals surface area contributed by atoms with Crippen LogP contribution in [-0.2, 0) is 0 Å². The first-order chi connectivity index (χ1) is 6.01. The van der Waals surface area contributed by atoms with Crippen molar-refractivity contribution < 1.29 is 0 Å². The van der Waals surface area contributed by atoms with Crippen LogP contribution in [0.5, 0.6) is 0 Å². The first-order valence-corrected chi connectivity index (χ1v) is 4.02. The first kappa shape index (κ1) is 9.46. The molecule has 0 unspecified atom stereocenters. The maximum Gasteiger partial charge on any atom is 0.234 e. The minimum Gasteiger partial charge on any atom is -0.365 e. The molecule has 0 atom stereocenters. The third kappa shape index (κ3) is 3.08. The molecule has 0 aliphatic rings. The summed E-state index contributed by atoms with van der Waals surface area (Å²) in [5, 5.41) is 11.7. The van der Waals surface area contributed by atoms with Gasteiger partial charge in [0.05, 0.1) is 0 Å². The standard InChI is InChI=1S/C9H12N4/c1-9(2,3)13-7-4-5-11-8(6-10)12-7/h4-5H,1-3H3,(H,11,12,13). The summed E-state index contributed by atoms with van der Waals surface area (Å²) in [7, 11) is 0. The molecule has 1 N–H and O–H groups in total. The van der Waals surface area contributed by atoms with Gasteiger partial charge in [0.1, 0.15) is 11.9 Å². The molecule has 0 aliphatic heterocycles. The Bertz CT molecular complexity index is 332. The predicted molar refractivity (Wildman–Crippen MR) is 50.1 cm³/mol. The van der Waals surface area contributed by atoms with Crippen LogP contribution in [0.15, 0.2) is 12.3 Å². The Balaban J connectivity index is 2.86. The van der Waals surface area contributed by atoms with E-state index in [4.69, 9.17) is 5.26 Å². The summed E-state index contributed by atoms with van der Waals surface area (Å²) in [5.74, 6) is 0.869. The molecular formula is C9H12N4. The number of anilines is 1. The molecule has 4 nitrogen and oxygen atoms in total. The topological polar surface area (TPSA) is 61.6 Å². The lowest BCUT2D eigenvalue weighted by atomic mass is 10.1. The number of nitrogens with zero attached hydrogens (tertiary/aromatic N) is 3. The summed E-state index contributed by atoms with van der Waals surface area (Å²) in [6.45, 7) is 6.09. The fraction of sp³-hybridized carbons (Fsp3) is 0.444. The Hall–Kier alpha value is -1.63. The van der Waals surface area contributed by atoms with Crippen LogP contribution in [-0.4, -0.2) is 15.5 Å². The lowest BCUT2D eigenvalue weighted by Gasteiger charge is -2.20. The highest BCUT2D eigenvalue weighted by molar-refractivity contribution is 5.37. The van der Waals surface area contributed by atoms with Crippen molar-refractivity contribution in [3.05, 3.63) is 18.1 Å².